The number of aromatic amines is 2. The van der Waals surface area contributed by atoms with Crippen LogP contribution in [0.3, 0.4) is 0 Å². The summed E-state index contributed by atoms with van der Waals surface area (Å²) in [6.45, 7) is 4.04. The molecule has 2 aromatic carbocycles. The van der Waals surface area contributed by atoms with Gasteiger partial charge in [-0.3, -0.25) is 10.2 Å². The third-order valence-electron chi connectivity index (χ3n) is 5.47. The first kappa shape index (κ1) is 16.8. The summed E-state index contributed by atoms with van der Waals surface area (Å²) in [7, 11) is 0. The van der Waals surface area contributed by atoms with Gasteiger partial charge in [-0.15, -0.1) is 0 Å². The van der Waals surface area contributed by atoms with Crippen molar-refractivity contribution in [3.05, 3.63) is 77.7 Å². The maximum atomic E-state index is 4.26. The number of fused-ring (bicyclic) bond motifs is 1. The first-order valence-corrected chi connectivity index (χ1v) is 9.74. The minimum absolute atomic E-state index is 0.932. The first-order chi connectivity index (χ1) is 13.8. The van der Waals surface area contributed by atoms with Gasteiger partial charge in [0.15, 0.2) is 0 Å². The molecule has 5 nitrogen and oxygen atoms in total. The van der Waals surface area contributed by atoms with Gasteiger partial charge in [0.1, 0.15) is 0 Å². The number of H-pyrrole nitrogens is 2. The van der Waals surface area contributed by atoms with Crippen molar-refractivity contribution in [3.8, 4) is 22.4 Å². The highest BCUT2D eigenvalue weighted by atomic mass is 15.1. The van der Waals surface area contributed by atoms with Gasteiger partial charge in [0, 0.05) is 30.5 Å². The smallest absolute Gasteiger partial charge is 0.0653 e. The fourth-order valence-corrected chi connectivity index (χ4v) is 4.01. The Morgan fingerprint density at radius 2 is 1.86 bits per heavy atom. The Hall–Kier alpha value is -3.34. The van der Waals surface area contributed by atoms with Crippen LogP contribution in [0, 0.1) is 6.92 Å². The van der Waals surface area contributed by atoms with Gasteiger partial charge >= 0.3 is 0 Å². The molecule has 2 N–H and O–H groups in total. The molecule has 3 heterocycles. The van der Waals surface area contributed by atoms with E-state index in [1.165, 1.54) is 34.4 Å². The van der Waals surface area contributed by atoms with Crippen LogP contribution >= 0.6 is 0 Å². The number of aryl methyl sites for hydroxylation is 2. The van der Waals surface area contributed by atoms with Gasteiger partial charge in [0.2, 0.25) is 0 Å². The molecule has 0 aliphatic carbocycles. The van der Waals surface area contributed by atoms with Gasteiger partial charge in [0.25, 0.3) is 0 Å². The Labute approximate surface area is 164 Å². The molecule has 0 bridgehead atoms. The fraction of sp³-hybridized carbons (Fsp3) is 0.217. The van der Waals surface area contributed by atoms with Gasteiger partial charge in [-0.2, -0.15) is 10.2 Å². The quantitative estimate of drug-likeness (QED) is 0.547. The Morgan fingerprint density at radius 1 is 1.00 bits per heavy atom. The van der Waals surface area contributed by atoms with Gasteiger partial charge in [-0.1, -0.05) is 30.3 Å². The molecule has 0 atom stereocenters. The summed E-state index contributed by atoms with van der Waals surface area (Å²) in [4.78, 5) is 2.49. The van der Waals surface area contributed by atoms with E-state index in [1.807, 2.05) is 19.3 Å². The predicted octanol–water partition coefficient (Wildman–Crippen LogP) is 4.73. The van der Waals surface area contributed by atoms with Crippen LogP contribution in [0.1, 0.15) is 23.2 Å². The normalized spacial score (nSPS) is 13.5. The summed E-state index contributed by atoms with van der Waals surface area (Å²) in [5.74, 6) is 0. The number of anilines is 1. The molecule has 0 amide bonds. The summed E-state index contributed by atoms with van der Waals surface area (Å²) in [6, 6.07) is 17.7. The molecule has 1 aliphatic rings. The highest BCUT2D eigenvalue weighted by molar-refractivity contribution is 5.68. The van der Waals surface area contributed by atoms with Crippen LogP contribution in [-0.2, 0) is 13.0 Å². The van der Waals surface area contributed by atoms with E-state index in [-0.39, 0.29) is 0 Å². The van der Waals surface area contributed by atoms with Crippen molar-refractivity contribution in [2.24, 2.45) is 0 Å². The van der Waals surface area contributed by atoms with E-state index in [9.17, 15) is 0 Å². The largest absolute Gasteiger partial charge is 0.367 e. The first-order valence-electron chi connectivity index (χ1n) is 9.74. The second-order valence-electron chi connectivity index (χ2n) is 7.48. The highest BCUT2D eigenvalue weighted by Gasteiger charge is 2.18. The molecular weight excluding hydrogens is 346 g/mol. The van der Waals surface area contributed by atoms with Crippen LogP contribution < -0.4 is 4.90 Å². The molecule has 0 spiro atoms. The van der Waals surface area contributed by atoms with Crippen LogP contribution in [-0.4, -0.2) is 26.9 Å². The molecule has 28 heavy (non-hydrogen) atoms. The predicted molar refractivity (Wildman–Crippen MR) is 112 cm³/mol. The lowest BCUT2D eigenvalue weighted by molar-refractivity contribution is 0.691. The number of hydrogen-bond donors (Lipinski definition) is 2. The number of hydrogen-bond acceptors (Lipinski definition) is 3. The molecule has 140 valence electrons. The van der Waals surface area contributed by atoms with Crippen molar-refractivity contribution in [2.75, 3.05) is 11.4 Å². The Bertz CT molecular complexity index is 1080. The van der Waals surface area contributed by atoms with E-state index < -0.39 is 0 Å². The topological polar surface area (TPSA) is 60.6 Å². The van der Waals surface area contributed by atoms with Crippen LogP contribution in [0.4, 0.5) is 5.69 Å². The number of aromatic nitrogens is 4. The summed E-state index contributed by atoms with van der Waals surface area (Å²) < 4.78 is 0. The van der Waals surface area contributed by atoms with E-state index in [4.69, 9.17) is 0 Å². The monoisotopic (exact) mass is 369 g/mol. The Morgan fingerprint density at radius 3 is 2.61 bits per heavy atom. The zero-order valence-electron chi connectivity index (χ0n) is 15.9. The Kier molecular flexibility index (Phi) is 4.20. The van der Waals surface area contributed by atoms with Gasteiger partial charge in [-0.05, 0) is 60.2 Å². The van der Waals surface area contributed by atoms with Gasteiger partial charge in [-0.25, -0.2) is 0 Å². The van der Waals surface area contributed by atoms with Crippen molar-refractivity contribution >= 4 is 5.69 Å². The molecule has 0 fully saturated rings. The van der Waals surface area contributed by atoms with Crippen molar-refractivity contribution in [2.45, 2.75) is 26.3 Å². The van der Waals surface area contributed by atoms with Gasteiger partial charge < -0.3 is 4.90 Å². The third-order valence-corrected chi connectivity index (χ3v) is 5.47. The summed E-state index contributed by atoms with van der Waals surface area (Å²) in [6.07, 6.45) is 6.10. The fourth-order valence-electron chi connectivity index (χ4n) is 4.01. The standard InChI is InChI=1S/C23H23N5/c1-16-11-22(27-26-16)19-8-9-23-20(12-19)3-2-10-28(23)15-17-4-6-18(7-5-17)21-13-24-25-14-21/h4-9,11-14H,2-3,10,15H2,1H3,(H,24,25)(H,26,27). The minimum Gasteiger partial charge on any atom is -0.367 e. The second kappa shape index (κ2) is 7.00. The van der Waals surface area contributed by atoms with Crippen molar-refractivity contribution in [1.29, 1.82) is 0 Å². The summed E-state index contributed by atoms with van der Waals surface area (Å²) >= 11 is 0. The average Bonchev–Trinajstić information content (AvgIpc) is 3.40. The zero-order valence-corrected chi connectivity index (χ0v) is 15.9. The highest BCUT2D eigenvalue weighted by Crippen LogP contribution is 2.32. The lowest BCUT2D eigenvalue weighted by Crippen LogP contribution is -2.28. The Balaban J connectivity index is 1.37. The van der Waals surface area contributed by atoms with E-state index >= 15 is 0 Å². The SMILES string of the molecule is Cc1cc(-c2ccc3c(c2)CCCN3Cc2ccc(-c3cn[nH]c3)cc2)[nH]n1. The van der Waals surface area contributed by atoms with Crippen molar-refractivity contribution in [3.63, 3.8) is 0 Å². The molecule has 1 aliphatic heterocycles. The molecule has 5 rings (SSSR count). The maximum Gasteiger partial charge on any atom is 0.0653 e. The molecule has 4 aromatic rings. The lowest BCUT2D eigenvalue weighted by Gasteiger charge is -2.32. The summed E-state index contributed by atoms with van der Waals surface area (Å²) in [5, 5.41) is 14.3. The van der Waals surface area contributed by atoms with Crippen molar-refractivity contribution < 1.29 is 0 Å². The second-order valence-corrected chi connectivity index (χ2v) is 7.48. The summed E-state index contributed by atoms with van der Waals surface area (Å²) in [5.41, 5.74) is 9.74. The molecule has 0 saturated heterocycles. The van der Waals surface area contributed by atoms with Crippen molar-refractivity contribution in [1.82, 2.24) is 20.4 Å². The number of nitrogens with one attached hydrogen (secondary N) is 2. The van der Waals surface area contributed by atoms with Crippen LogP contribution in [0.15, 0.2) is 60.9 Å². The molecule has 0 saturated carbocycles. The van der Waals surface area contributed by atoms with Crippen LogP contribution in [0.2, 0.25) is 0 Å². The number of benzene rings is 2. The number of nitrogens with zero attached hydrogens (tertiary/aromatic N) is 3. The minimum atomic E-state index is 0.932. The zero-order chi connectivity index (χ0) is 18.9. The molecular formula is C23H23N5. The number of rotatable bonds is 4. The van der Waals surface area contributed by atoms with E-state index in [0.29, 0.717) is 0 Å². The van der Waals surface area contributed by atoms with E-state index in [1.54, 1.807) is 0 Å². The molecule has 5 heteroatoms. The molecule has 2 aromatic heterocycles. The van der Waals surface area contributed by atoms with E-state index in [2.05, 4.69) is 73.8 Å². The lowest BCUT2D eigenvalue weighted by atomic mass is 9.97. The van der Waals surface area contributed by atoms with Gasteiger partial charge in [0.05, 0.1) is 17.6 Å². The van der Waals surface area contributed by atoms with Crippen LogP contribution in [0.5, 0.6) is 0 Å². The van der Waals surface area contributed by atoms with Crippen LogP contribution in [0.25, 0.3) is 22.4 Å². The van der Waals surface area contributed by atoms with E-state index in [0.717, 1.165) is 36.5 Å². The average molecular weight is 369 g/mol. The molecule has 0 radical (unpaired) electrons. The third kappa shape index (κ3) is 3.20. The molecule has 0 unspecified atom stereocenters. The maximum absolute atomic E-state index is 4.26.